The Morgan fingerprint density at radius 3 is 2.47 bits per heavy atom. The maximum absolute atomic E-state index is 13.3. The number of ketones is 1. The van der Waals surface area contributed by atoms with Gasteiger partial charge < -0.3 is 0 Å². The molecule has 2 aromatic heterocycles. The summed E-state index contributed by atoms with van der Waals surface area (Å²) in [7, 11) is -3.90. The lowest BCUT2D eigenvalue weighted by Gasteiger charge is -2.25. The molecule has 34 heavy (non-hydrogen) atoms. The Bertz CT molecular complexity index is 1340. The Labute approximate surface area is 202 Å². The van der Waals surface area contributed by atoms with Gasteiger partial charge in [0, 0.05) is 36.6 Å². The molecule has 176 valence electrons. The van der Waals surface area contributed by atoms with E-state index in [9.17, 15) is 17.6 Å². The average Bonchev–Trinajstić information content (AvgIpc) is 3.37. The predicted octanol–water partition coefficient (Wildman–Crippen LogP) is 3.99. The van der Waals surface area contributed by atoms with Crippen LogP contribution in [0.5, 0.6) is 0 Å². The highest BCUT2D eigenvalue weighted by Gasteiger charge is 2.58. The quantitative estimate of drug-likeness (QED) is 0.487. The highest BCUT2D eigenvalue weighted by atomic mass is 35.5. The second kappa shape index (κ2) is 8.79. The summed E-state index contributed by atoms with van der Waals surface area (Å²) in [5.74, 6) is 0.0198. The molecule has 3 aliphatic rings. The van der Waals surface area contributed by atoms with Crippen LogP contribution in [0, 0.1) is 18.7 Å². The van der Waals surface area contributed by atoms with Gasteiger partial charge in [0.2, 0.25) is 10.0 Å². The molecule has 1 atom stereocenters. The van der Waals surface area contributed by atoms with Crippen LogP contribution in [0.4, 0.5) is 4.39 Å². The Kier molecular flexibility index (Phi) is 5.95. The summed E-state index contributed by atoms with van der Waals surface area (Å²) in [6.07, 6.45) is 6.74. The molecular formula is C24H22ClFN4O3S. The van der Waals surface area contributed by atoms with Crippen LogP contribution < -0.4 is 0 Å². The summed E-state index contributed by atoms with van der Waals surface area (Å²) in [6.45, 7) is 1.79. The fourth-order valence-corrected chi connectivity index (χ4v) is 6.84. The van der Waals surface area contributed by atoms with Gasteiger partial charge in [0.05, 0.1) is 21.7 Å². The maximum Gasteiger partial charge on any atom is 0.243 e. The second-order valence-electron chi connectivity index (χ2n) is 8.77. The molecule has 0 N–H and O–H groups in total. The molecule has 3 fully saturated rings. The van der Waals surface area contributed by atoms with E-state index in [0.29, 0.717) is 35.8 Å². The molecule has 0 radical (unpaired) electrons. The molecule has 1 saturated carbocycles. The van der Waals surface area contributed by atoms with Crippen LogP contribution in [0.25, 0.3) is 11.3 Å². The molecule has 2 bridgehead atoms. The average molecular weight is 501 g/mol. The van der Waals surface area contributed by atoms with Gasteiger partial charge in [-0.3, -0.25) is 9.78 Å². The second-order valence-corrected chi connectivity index (χ2v) is 11.0. The molecular weight excluding hydrogens is 479 g/mol. The minimum Gasteiger partial charge on any atom is -0.298 e. The molecule has 0 spiro atoms. The van der Waals surface area contributed by atoms with E-state index in [1.54, 1.807) is 19.3 Å². The first kappa shape index (κ1) is 23.0. The Hall–Kier alpha value is -2.75. The smallest absolute Gasteiger partial charge is 0.243 e. The molecule has 0 unspecified atom stereocenters. The molecule has 2 aliphatic heterocycles. The van der Waals surface area contributed by atoms with Crippen LogP contribution in [-0.4, -0.2) is 45.5 Å². The third-order valence-corrected chi connectivity index (χ3v) is 8.89. The van der Waals surface area contributed by atoms with Gasteiger partial charge in [0.25, 0.3) is 0 Å². The van der Waals surface area contributed by atoms with Gasteiger partial charge in [-0.15, -0.1) is 0 Å². The van der Waals surface area contributed by atoms with Gasteiger partial charge in [0.15, 0.2) is 5.78 Å². The van der Waals surface area contributed by atoms with Gasteiger partial charge in [-0.05, 0) is 68.0 Å². The molecule has 6 rings (SSSR count). The first-order valence-corrected chi connectivity index (χ1v) is 12.8. The lowest BCUT2D eigenvalue weighted by Crippen LogP contribution is -2.41. The number of fused-ring (bicyclic) bond motifs is 1. The molecule has 10 heteroatoms. The van der Waals surface area contributed by atoms with Crippen molar-refractivity contribution >= 4 is 27.4 Å². The van der Waals surface area contributed by atoms with Gasteiger partial charge >= 0.3 is 0 Å². The van der Waals surface area contributed by atoms with E-state index in [0.717, 1.165) is 23.3 Å². The van der Waals surface area contributed by atoms with Crippen molar-refractivity contribution in [3.05, 3.63) is 71.2 Å². The Morgan fingerprint density at radius 1 is 1.12 bits per heavy atom. The minimum absolute atomic E-state index is 0.00128. The highest BCUT2D eigenvalue weighted by molar-refractivity contribution is 7.89. The number of sulfonamides is 1. The summed E-state index contributed by atoms with van der Waals surface area (Å²) in [4.78, 5) is 26.0. The topological polar surface area (TPSA) is 93.1 Å². The Morgan fingerprint density at radius 2 is 1.79 bits per heavy atom. The number of benzene rings is 1. The molecule has 1 aliphatic carbocycles. The van der Waals surface area contributed by atoms with Crippen LogP contribution in [-0.2, 0) is 21.2 Å². The van der Waals surface area contributed by atoms with Crippen LogP contribution in [0.2, 0.25) is 5.02 Å². The number of aromatic nitrogens is 3. The van der Waals surface area contributed by atoms with Crippen LogP contribution >= 0.6 is 11.6 Å². The fourth-order valence-electron chi connectivity index (χ4n) is 4.77. The van der Waals surface area contributed by atoms with Gasteiger partial charge in [-0.1, -0.05) is 11.6 Å². The van der Waals surface area contributed by atoms with Crippen molar-refractivity contribution in [2.24, 2.45) is 5.92 Å². The number of hydrogen-bond donors (Lipinski definition) is 0. The summed E-state index contributed by atoms with van der Waals surface area (Å²) in [6, 6.07) is 5.64. The van der Waals surface area contributed by atoms with E-state index in [-0.39, 0.29) is 29.1 Å². The molecule has 0 amide bonds. The molecule has 7 nitrogen and oxygen atoms in total. The van der Waals surface area contributed by atoms with Crippen molar-refractivity contribution in [2.45, 2.75) is 49.6 Å². The zero-order valence-electron chi connectivity index (χ0n) is 18.4. The number of carbonyl (C=O) groups excluding carboxylic acids is 1. The van der Waals surface area contributed by atoms with Crippen LogP contribution in [0.1, 0.15) is 30.7 Å². The van der Waals surface area contributed by atoms with E-state index in [2.05, 4.69) is 15.0 Å². The third kappa shape index (κ3) is 4.12. The Balaban J connectivity index is 1.34. The van der Waals surface area contributed by atoms with E-state index in [1.165, 1.54) is 22.6 Å². The van der Waals surface area contributed by atoms with Crippen molar-refractivity contribution in [3.8, 4) is 11.3 Å². The van der Waals surface area contributed by atoms with Gasteiger partial charge in [-0.25, -0.2) is 22.8 Å². The fraction of sp³-hybridized carbons (Fsp3) is 0.333. The first-order chi connectivity index (χ1) is 16.2. The number of hydrogen-bond acceptors (Lipinski definition) is 6. The highest BCUT2D eigenvalue weighted by Crippen LogP contribution is 2.49. The largest absolute Gasteiger partial charge is 0.298 e. The monoisotopic (exact) mass is 500 g/mol. The van der Waals surface area contributed by atoms with E-state index < -0.39 is 21.9 Å². The van der Waals surface area contributed by atoms with E-state index >= 15 is 0 Å². The zero-order valence-corrected chi connectivity index (χ0v) is 19.9. The summed E-state index contributed by atoms with van der Waals surface area (Å²) in [5.41, 5.74) is 2.14. The number of aryl methyl sites for hydroxylation is 2. The molecule has 2 saturated heterocycles. The molecule has 3 aromatic rings. The van der Waals surface area contributed by atoms with Gasteiger partial charge in [0.1, 0.15) is 11.6 Å². The molecule has 4 heterocycles. The molecule has 1 aromatic carbocycles. The number of nitrogens with zero attached hydrogens (tertiary/aromatic N) is 4. The maximum atomic E-state index is 13.3. The van der Waals surface area contributed by atoms with Crippen LogP contribution in [0.3, 0.4) is 0 Å². The van der Waals surface area contributed by atoms with Crippen molar-refractivity contribution in [3.63, 3.8) is 0 Å². The lowest BCUT2D eigenvalue weighted by molar-refractivity contribution is -0.122. The normalized spacial score (nSPS) is 21.9. The van der Waals surface area contributed by atoms with Crippen molar-refractivity contribution in [2.75, 3.05) is 0 Å². The van der Waals surface area contributed by atoms with Crippen molar-refractivity contribution < 1.29 is 17.6 Å². The number of Topliss-reactive ketones (excluding diaryl/α,β-unsaturated/α-hetero) is 1. The lowest BCUT2D eigenvalue weighted by atomic mass is 9.81. The summed E-state index contributed by atoms with van der Waals surface area (Å²) < 4.78 is 41.2. The number of rotatable bonds is 7. The van der Waals surface area contributed by atoms with E-state index in [4.69, 9.17) is 11.6 Å². The van der Waals surface area contributed by atoms with Crippen molar-refractivity contribution in [1.82, 2.24) is 19.3 Å². The number of pyridine rings is 1. The van der Waals surface area contributed by atoms with Crippen LogP contribution in [0.15, 0.2) is 53.8 Å². The van der Waals surface area contributed by atoms with E-state index in [1.807, 2.05) is 6.07 Å². The third-order valence-electron chi connectivity index (χ3n) is 6.60. The summed E-state index contributed by atoms with van der Waals surface area (Å²) >= 11 is 6.34. The SMILES string of the molecule is Cc1ncc(-c2cc(CCC(=O)[C@@H]3C4CC(C4)N3S(=O)(=O)c3ccc(F)cc3)c(Cl)cn2)cn1. The predicted molar refractivity (Wildman–Crippen MR) is 124 cm³/mol. The standard InChI is InChI=1S/C24H22ClFN4O3S/c1-14-27-11-17(12-28-14)22-10-15(21(25)13-29-22)2-7-23(31)24-16-8-19(9-16)30(24)34(32,33)20-5-3-18(26)4-6-20/h3-6,10-13,16,19,24H,2,7-9H2,1H3/t16?,19?,24-/m0/s1. The number of halogens is 2. The minimum atomic E-state index is -3.90. The van der Waals surface area contributed by atoms with Crippen molar-refractivity contribution in [1.29, 1.82) is 0 Å². The zero-order chi connectivity index (χ0) is 24.0. The van der Waals surface area contributed by atoms with Gasteiger partial charge in [-0.2, -0.15) is 4.31 Å². The number of carbonyl (C=O) groups is 1. The first-order valence-electron chi connectivity index (χ1n) is 11.0. The summed E-state index contributed by atoms with van der Waals surface area (Å²) in [5, 5.41) is 0.441.